The molecule has 0 amide bonds. The Bertz CT molecular complexity index is 693. The average Bonchev–Trinajstić information content (AvgIpc) is 2.82. The first-order valence-electron chi connectivity index (χ1n) is 6.10. The van der Waals surface area contributed by atoms with Crippen LogP contribution in [0.25, 0.3) is 16.5 Å². The maximum Gasteiger partial charge on any atom is 0.311 e. The van der Waals surface area contributed by atoms with Crippen molar-refractivity contribution < 1.29 is 19.1 Å². The third-order valence-electron chi connectivity index (χ3n) is 3.46. The number of benzene rings is 1. The van der Waals surface area contributed by atoms with Crippen molar-refractivity contribution in [1.29, 1.82) is 0 Å². The third kappa shape index (κ3) is 1.95. The maximum atomic E-state index is 11.6. The van der Waals surface area contributed by atoms with Crippen LogP contribution in [0.5, 0.6) is 0 Å². The number of carbonyl (C=O) groups is 2. The van der Waals surface area contributed by atoms with Crippen LogP contribution in [0, 0.1) is 5.92 Å². The van der Waals surface area contributed by atoms with Crippen LogP contribution in [0.2, 0.25) is 0 Å². The lowest BCUT2D eigenvalue weighted by atomic mass is 9.83. The van der Waals surface area contributed by atoms with Crippen LogP contribution in [0.15, 0.2) is 41.0 Å². The topological polar surface area (TPSA) is 67.5 Å². The number of aliphatic carboxylic acids is 1. The molecule has 4 heteroatoms. The SMILES string of the molecule is O=C1C=C(c2coc3ccccc23)C(C(=O)O)CC1. The van der Waals surface area contributed by atoms with E-state index >= 15 is 0 Å². The van der Waals surface area contributed by atoms with E-state index in [-0.39, 0.29) is 12.2 Å². The molecule has 1 aromatic heterocycles. The third-order valence-corrected chi connectivity index (χ3v) is 3.46. The summed E-state index contributed by atoms with van der Waals surface area (Å²) in [5, 5.41) is 10.1. The molecule has 4 nitrogen and oxygen atoms in total. The lowest BCUT2D eigenvalue weighted by Gasteiger charge is -2.19. The zero-order valence-electron chi connectivity index (χ0n) is 10.1. The van der Waals surface area contributed by atoms with Crippen LogP contribution < -0.4 is 0 Å². The molecule has 0 fully saturated rings. The number of carboxylic acids is 1. The molecule has 3 rings (SSSR count). The van der Waals surface area contributed by atoms with Gasteiger partial charge in [0.25, 0.3) is 0 Å². The molecule has 2 aromatic rings. The van der Waals surface area contributed by atoms with Crippen LogP contribution in [0.3, 0.4) is 0 Å². The van der Waals surface area contributed by atoms with Gasteiger partial charge < -0.3 is 9.52 Å². The van der Waals surface area contributed by atoms with Crippen molar-refractivity contribution in [2.24, 2.45) is 5.92 Å². The molecule has 1 N–H and O–H groups in total. The van der Waals surface area contributed by atoms with E-state index in [2.05, 4.69) is 0 Å². The fraction of sp³-hybridized carbons (Fsp3) is 0.200. The van der Waals surface area contributed by atoms with Crippen molar-refractivity contribution in [1.82, 2.24) is 0 Å². The summed E-state index contributed by atoms with van der Waals surface area (Å²) < 4.78 is 5.42. The standard InChI is InChI=1S/C15H12O4/c16-9-5-6-11(15(17)18)12(7-9)13-8-19-14-4-2-1-3-10(13)14/h1-4,7-8,11H,5-6H2,(H,17,18). The Labute approximate surface area is 109 Å². The summed E-state index contributed by atoms with van der Waals surface area (Å²) >= 11 is 0. The average molecular weight is 256 g/mol. The lowest BCUT2D eigenvalue weighted by Crippen LogP contribution is -2.21. The molecule has 0 bridgehead atoms. The lowest BCUT2D eigenvalue weighted by molar-refractivity contribution is -0.140. The molecular formula is C15H12O4. The molecule has 1 atom stereocenters. The second-order valence-corrected chi connectivity index (χ2v) is 4.64. The molecule has 19 heavy (non-hydrogen) atoms. The maximum absolute atomic E-state index is 11.6. The van der Waals surface area contributed by atoms with E-state index in [1.807, 2.05) is 24.3 Å². The molecule has 1 aliphatic carbocycles. The van der Waals surface area contributed by atoms with Gasteiger partial charge in [-0.2, -0.15) is 0 Å². The van der Waals surface area contributed by atoms with Gasteiger partial charge in [-0.25, -0.2) is 0 Å². The monoisotopic (exact) mass is 256 g/mol. The Morgan fingerprint density at radius 3 is 2.89 bits per heavy atom. The molecule has 0 radical (unpaired) electrons. The van der Waals surface area contributed by atoms with Gasteiger partial charge in [-0.05, 0) is 24.1 Å². The van der Waals surface area contributed by atoms with E-state index in [0.717, 1.165) is 5.39 Å². The van der Waals surface area contributed by atoms with E-state index in [4.69, 9.17) is 4.42 Å². The Hall–Kier alpha value is -2.36. The molecule has 0 aliphatic heterocycles. The van der Waals surface area contributed by atoms with Crippen molar-refractivity contribution >= 4 is 28.3 Å². The van der Waals surface area contributed by atoms with Crippen molar-refractivity contribution in [3.8, 4) is 0 Å². The molecule has 1 aliphatic rings. The van der Waals surface area contributed by atoms with Gasteiger partial charge in [-0.15, -0.1) is 0 Å². The van der Waals surface area contributed by atoms with Gasteiger partial charge in [-0.3, -0.25) is 9.59 Å². The molecule has 1 aromatic carbocycles. The van der Waals surface area contributed by atoms with Crippen molar-refractivity contribution in [2.75, 3.05) is 0 Å². The van der Waals surface area contributed by atoms with Gasteiger partial charge in [0.15, 0.2) is 5.78 Å². The number of rotatable bonds is 2. The van der Waals surface area contributed by atoms with Crippen LogP contribution in [-0.4, -0.2) is 16.9 Å². The number of hydrogen-bond donors (Lipinski definition) is 1. The smallest absolute Gasteiger partial charge is 0.311 e. The predicted molar refractivity (Wildman–Crippen MR) is 69.6 cm³/mol. The molecule has 1 unspecified atom stereocenters. The zero-order valence-corrected chi connectivity index (χ0v) is 10.1. The highest BCUT2D eigenvalue weighted by Gasteiger charge is 2.30. The largest absolute Gasteiger partial charge is 0.481 e. The van der Waals surface area contributed by atoms with E-state index in [9.17, 15) is 14.7 Å². The summed E-state index contributed by atoms with van der Waals surface area (Å²) in [4.78, 5) is 22.9. The first kappa shape index (κ1) is 11.7. The van der Waals surface area contributed by atoms with Crippen LogP contribution in [0.4, 0.5) is 0 Å². The quantitative estimate of drug-likeness (QED) is 0.897. The van der Waals surface area contributed by atoms with E-state index in [0.29, 0.717) is 23.1 Å². The van der Waals surface area contributed by atoms with Crippen molar-refractivity contribution in [3.63, 3.8) is 0 Å². The van der Waals surface area contributed by atoms with Crippen LogP contribution >= 0.6 is 0 Å². The summed E-state index contributed by atoms with van der Waals surface area (Å²) in [5.41, 5.74) is 1.95. The minimum atomic E-state index is -0.899. The number of ketones is 1. The molecule has 0 saturated carbocycles. The fourth-order valence-corrected chi connectivity index (χ4v) is 2.51. The normalized spacial score (nSPS) is 19.5. The number of carbonyl (C=O) groups excluding carboxylic acids is 1. The van der Waals surface area contributed by atoms with E-state index < -0.39 is 11.9 Å². The number of carboxylic acid groups (broad SMARTS) is 1. The summed E-state index contributed by atoms with van der Waals surface area (Å²) in [7, 11) is 0. The zero-order chi connectivity index (χ0) is 13.4. The first-order chi connectivity index (χ1) is 9.16. The molecule has 96 valence electrons. The highest BCUT2D eigenvalue weighted by molar-refractivity contribution is 6.06. The first-order valence-corrected chi connectivity index (χ1v) is 6.10. The second kappa shape index (κ2) is 4.39. The second-order valence-electron chi connectivity index (χ2n) is 4.64. The van der Waals surface area contributed by atoms with Gasteiger partial charge in [0.05, 0.1) is 12.2 Å². The minimum absolute atomic E-state index is 0.0298. The minimum Gasteiger partial charge on any atom is -0.481 e. The van der Waals surface area contributed by atoms with Crippen LogP contribution in [-0.2, 0) is 9.59 Å². The summed E-state index contributed by atoms with van der Waals surface area (Å²) in [6.45, 7) is 0. The van der Waals surface area contributed by atoms with Gasteiger partial charge in [0, 0.05) is 17.4 Å². The molecule has 0 saturated heterocycles. The molecule has 0 spiro atoms. The predicted octanol–water partition coefficient (Wildman–Crippen LogP) is 2.88. The van der Waals surface area contributed by atoms with E-state index in [1.165, 1.54) is 12.3 Å². The molecule has 1 heterocycles. The summed E-state index contributed by atoms with van der Waals surface area (Å²) in [6.07, 6.45) is 3.61. The highest BCUT2D eigenvalue weighted by Crippen LogP contribution is 2.36. The number of furan rings is 1. The van der Waals surface area contributed by atoms with Gasteiger partial charge >= 0.3 is 5.97 Å². The Balaban J connectivity index is 2.17. The van der Waals surface area contributed by atoms with Crippen molar-refractivity contribution in [3.05, 3.63) is 42.2 Å². The Morgan fingerprint density at radius 1 is 1.32 bits per heavy atom. The number of fused-ring (bicyclic) bond motifs is 1. The number of allylic oxidation sites excluding steroid dienone is 1. The highest BCUT2D eigenvalue weighted by atomic mass is 16.4. The van der Waals surface area contributed by atoms with Gasteiger partial charge in [0.1, 0.15) is 5.58 Å². The van der Waals surface area contributed by atoms with Crippen LogP contribution in [0.1, 0.15) is 18.4 Å². The van der Waals surface area contributed by atoms with Gasteiger partial charge in [-0.1, -0.05) is 18.2 Å². The summed E-state index contributed by atoms with van der Waals surface area (Å²) in [6, 6.07) is 7.40. The van der Waals surface area contributed by atoms with E-state index in [1.54, 1.807) is 0 Å². The number of hydrogen-bond acceptors (Lipinski definition) is 3. The number of para-hydroxylation sites is 1. The molecular weight excluding hydrogens is 244 g/mol. The Kier molecular flexibility index (Phi) is 2.71. The van der Waals surface area contributed by atoms with Crippen molar-refractivity contribution in [2.45, 2.75) is 12.8 Å². The Morgan fingerprint density at radius 2 is 2.11 bits per heavy atom. The van der Waals surface area contributed by atoms with Gasteiger partial charge in [0.2, 0.25) is 0 Å². The summed E-state index contributed by atoms with van der Waals surface area (Å²) in [5.74, 6) is -1.57. The fourth-order valence-electron chi connectivity index (χ4n) is 2.51.